The van der Waals surface area contributed by atoms with Crippen LogP contribution in [-0.2, 0) is 9.59 Å². The molecule has 1 saturated carbocycles. The first-order chi connectivity index (χ1) is 13.9. The van der Waals surface area contributed by atoms with Crippen molar-refractivity contribution >= 4 is 34.9 Å². The van der Waals surface area contributed by atoms with Crippen LogP contribution in [0.15, 0.2) is 18.5 Å². The minimum absolute atomic E-state index is 0.162. The van der Waals surface area contributed by atoms with Crippen molar-refractivity contribution in [3.63, 3.8) is 0 Å². The number of aliphatic hydroxyl groups excluding tert-OH is 1. The van der Waals surface area contributed by atoms with Gasteiger partial charge in [0.2, 0.25) is 5.95 Å². The van der Waals surface area contributed by atoms with E-state index < -0.39 is 11.9 Å². The fourth-order valence-electron chi connectivity index (χ4n) is 3.01. The second-order valence-electron chi connectivity index (χ2n) is 7.09. The van der Waals surface area contributed by atoms with Crippen LogP contribution in [0.1, 0.15) is 38.1 Å². The molecule has 2 atom stereocenters. The minimum Gasteiger partial charge on any atom is -0.481 e. The molecule has 0 aliphatic heterocycles. The summed E-state index contributed by atoms with van der Waals surface area (Å²) in [4.78, 5) is 32.4. The number of carboxylic acid groups (broad SMARTS) is 2. The molecule has 2 aromatic rings. The number of nitrogen functional groups attached to an aromatic ring is 1. The number of rotatable bonds is 7. The fraction of sp³-hybridized carbons (Fsp3) is 0.500. The summed E-state index contributed by atoms with van der Waals surface area (Å²) in [5.74, 6) is -0.969. The van der Waals surface area contributed by atoms with E-state index in [0.29, 0.717) is 6.04 Å². The molecule has 4 rings (SSSR count). The van der Waals surface area contributed by atoms with Gasteiger partial charge < -0.3 is 30.9 Å². The third-order valence-corrected chi connectivity index (χ3v) is 4.65. The zero-order valence-corrected chi connectivity index (χ0v) is 15.7. The molecule has 2 heterocycles. The molecule has 2 aromatic heterocycles. The average Bonchev–Trinajstić information content (AvgIpc) is 3.18. The van der Waals surface area contributed by atoms with Gasteiger partial charge in [0.05, 0.1) is 25.2 Å². The molecule has 29 heavy (non-hydrogen) atoms. The molecular weight excluding hydrogens is 380 g/mol. The molecular formula is C18H24N6O5. The first-order valence-electron chi connectivity index (χ1n) is 9.36. The van der Waals surface area contributed by atoms with Crippen LogP contribution in [-0.4, -0.2) is 59.4 Å². The third-order valence-electron chi connectivity index (χ3n) is 4.65. The van der Waals surface area contributed by atoms with Crippen LogP contribution in [0.2, 0.25) is 0 Å². The van der Waals surface area contributed by atoms with Crippen molar-refractivity contribution in [3.8, 4) is 0 Å². The van der Waals surface area contributed by atoms with Crippen LogP contribution in [0.5, 0.6) is 0 Å². The topological polar surface area (TPSA) is 176 Å². The summed E-state index contributed by atoms with van der Waals surface area (Å²) >= 11 is 0. The van der Waals surface area contributed by atoms with Crippen molar-refractivity contribution in [3.05, 3.63) is 18.5 Å². The van der Waals surface area contributed by atoms with Gasteiger partial charge in [-0.15, -0.1) is 0 Å². The molecule has 11 heteroatoms. The molecule has 0 spiro atoms. The second kappa shape index (κ2) is 8.86. The standard InChI is InChI=1S/C14H18N6O.C4H6O4/c15-14-18-12(17-9-2-3-9)11-13(19-14)20(7-16-11)10-4-1-8(5-10)6-21;5-3(6)1-2-4(7)8/h1,4,7-10,21H,2-3,5-6H2,(H3,15,17,18,19);1-2H2,(H,5,6)(H,7,8)/t8-,10+;/m1./s1. The van der Waals surface area contributed by atoms with Gasteiger partial charge in [0, 0.05) is 18.6 Å². The molecule has 11 nitrogen and oxygen atoms in total. The van der Waals surface area contributed by atoms with E-state index in [1.165, 1.54) is 0 Å². The Balaban J connectivity index is 0.000000258. The number of aromatic nitrogens is 4. The Bertz CT molecular complexity index is 909. The lowest BCUT2D eigenvalue weighted by Gasteiger charge is -2.13. The lowest BCUT2D eigenvalue weighted by molar-refractivity contribution is -0.143. The van der Waals surface area contributed by atoms with E-state index in [-0.39, 0.29) is 37.4 Å². The Morgan fingerprint density at radius 2 is 1.86 bits per heavy atom. The van der Waals surface area contributed by atoms with Crippen LogP contribution in [0.3, 0.4) is 0 Å². The lowest BCUT2D eigenvalue weighted by atomic mass is 10.1. The number of aliphatic hydroxyl groups is 1. The molecule has 2 aliphatic carbocycles. The van der Waals surface area contributed by atoms with Crippen molar-refractivity contribution < 1.29 is 24.9 Å². The first-order valence-corrected chi connectivity index (χ1v) is 9.36. The number of fused-ring (bicyclic) bond motifs is 1. The van der Waals surface area contributed by atoms with Gasteiger partial charge in [0.25, 0.3) is 0 Å². The average molecular weight is 404 g/mol. The van der Waals surface area contributed by atoms with Crippen molar-refractivity contribution in [2.75, 3.05) is 17.7 Å². The van der Waals surface area contributed by atoms with E-state index in [0.717, 1.165) is 36.2 Å². The molecule has 156 valence electrons. The highest BCUT2D eigenvalue weighted by Gasteiger charge is 2.26. The maximum absolute atomic E-state index is 9.64. The van der Waals surface area contributed by atoms with Crippen molar-refractivity contribution in [1.82, 2.24) is 19.5 Å². The summed E-state index contributed by atoms with van der Waals surface area (Å²) in [6.07, 6.45) is 8.51. The highest BCUT2D eigenvalue weighted by Crippen LogP contribution is 2.32. The van der Waals surface area contributed by atoms with Gasteiger partial charge in [-0.25, -0.2) is 4.98 Å². The lowest BCUT2D eigenvalue weighted by Crippen LogP contribution is -2.10. The number of allylic oxidation sites excluding steroid dienone is 1. The molecule has 0 amide bonds. The van der Waals surface area contributed by atoms with Crippen molar-refractivity contribution in [1.29, 1.82) is 0 Å². The molecule has 0 radical (unpaired) electrons. The van der Waals surface area contributed by atoms with E-state index in [1.54, 1.807) is 6.33 Å². The van der Waals surface area contributed by atoms with E-state index in [1.807, 2.05) is 10.6 Å². The third kappa shape index (κ3) is 5.41. The number of anilines is 2. The zero-order valence-electron chi connectivity index (χ0n) is 15.7. The molecule has 6 N–H and O–H groups in total. The van der Waals surface area contributed by atoms with Gasteiger partial charge in [0.15, 0.2) is 17.0 Å². The van der Waals surface area contributed by atoms with E-state index in [2.05, 4.69) is 26.3 Å². The SMILES string of the molecule is Nc1nc(NC2CC2)c2ncn([C@H]3C=C[C@@H](CO)C3)c2n1.O=C(O)CCC(=O)O. The highest BCUT2D eigenvalue weighted by molar-refractivity contribution is 5.84. The number of nitrogens with one attached hydrogen (secondary N) is 1. The van der Waals surface area contributed by atoms with Crippen LogP contribution in [0.4, 0.5) is 11.8 Å². The van der Waals surface area contributed by atoms with Crippen LogP contribution in [0.25, 0.3) is 11.2 Å². The first kappa shape index (κ1) is 20.5. The normalized spacial score (nSPS) is 20.3. The maximum atomic E-state index is 9.64. The van der Waals surface area contributed by atoms with Crippen molar-refractivity contribution in [2.45, 2.75) is 44.2 Å². The quantitative estimate of drug-likeness (QED) is 0.419. The number of nitrogens with two attached hydrogens (primary N) is 1. The highest BCUT2D eigenvalue weighted by atomic mass is 16.4. The number of carbonyl (C=O) groups is 2. The van der Waals surface area contributed by atoms with Gasteiger partial charge in [0.1, 0.15) is 0 Å². The number of hydrogen-bond acceptors (Lipinski definition) is 8. The number of hydrogen-bond donors (Lipinski definition) is 5. The number of imidazole rings is 1. The fourth-order valence-corrected chi connectivity index (χ4v) is 3.01. The Labute approximate surface area is 166 Å². The van der Waals surface area contributed by atoms with Crippen LogP contribution in [0, 0.1) is 5.92 Å². The van der Waals surface area contributed by atoms with Crippen molar-refractivity contribution in [2.24, 2.45) is 5.92 Å². The summed E-state index contributed by atoms with van der Waals surface area (Å²) in [6, 6.07) is 0.646. The maximum Gasteiger partial charge on any atom is 0.303 e. The summed E-state index contributed by atoms with van der Waals surface area (Å²) < 4.78 is 2.01. The van der Waals surface area contributed by atoms with Crippen LogP contribution >= 0.6 is 0 Å². The Kier molecular flexibility index (Phi) is 6.27. The van der Waals surface area contributed by atoms with Gasteiger partial charge in [-0.05, 0) is 19.3 Å². The monoisotopic (exact) mass is 404 g/mol. The molecule has 0 saturated heterocycles. The second-order valence-corrected chi connectivity index (χ2v) is 7.09. The predicted octanol–water partition coefficient (Wildman–Crippen LogP) is 1.03. The Hall–Kier alpha value is -3.21. The van der Waals surface area contributed by atoms with Gasteiger partial charge in [-0.3, -0.25) is 9.59 Å². The molecule has 2 aliphatic rings. The summed E-state index contributed by atoms with van der Waals surface area (Å²) in [7, 11) is 0. The number of carboxylic acids is 2. The summed E-state index contributed by atoms with van der Waals surface area (Å²) in [5, 5.41) is 28.4. The van der Waals surface area contributed by atoms with Gasteiger partial charge in [-0.2, -0.15) is 9.97 Å². The van der Waals surface area contributed by atoms with Crippen LogP contribution < -0.4 is 11.1 Å². The molecule has 0 bridgehead atoms. The molecule has 0 unspecified atom stereocenters. The van der Waals surface area contributed by atoms with E-state index in [4.69, 9.17) is 15.9 Å². The van der Waals surface area contributed by atoms with Gasteiger partial charge in [-0.1, -0.05) is 12.2 Å². The smallest absolute Gasteiger partial charge is 0.303 e. The predicted molar refractivity (Wildman–Crippen MR) is 104 cm³/mol. The van der Waals surface area contributed by atoms with E-state index >= 15 is 0 Å². The van der Waals surface area contributed by atoms with E-state index in [9.17, 15) is 14.7 Å². The zero-order chi connectivity index (χ0) is 21.0. The number of nitrogens with zero attached hydrogens (tertiary/aromatic N) is 4. The molecule has 0 aromatic carbocycles. The Morgan fingerprint density at radius 1 is 1.17 bits per heavy atom. The largest absolute Gasteiger partial charge is 0.481 e. The Morgan fingerprint density at radius 3 is 2.41 bits per heavy atom. The molecule has 1 fully saturated rings. The summed E-state index contributed by atoms with van der Waals surface area (Å²) in [6.45, 7) is 0.172. The van der Waals surface area contributed by atoms with Gasteiger partial charge >= 0.3 is 11.9 Å². The minimum atomic E-state index is -1.08. The number of aliphatic carboxylic acids is 2. The summed E-state index contributed by atoms with van der Waals surface area (Å²) in [5.41, 5.74) is 7.35.